The van der Waals surface area contributed by atoms with Gasteiger partial charge in [-0.25, -0.2) is 0 Å². The Bertz CT molecular complexity index is 1220. The minimum absolute atomic E-state index is 0.0286. The van der Waals surface area contributed by atoms with Gasteiger partial charge >= 0.3 is 0 Å². The lowest BCUT2D eigenvalue weighted by molar-refractivity contribution is -0.119. The van der Waals surface area contributed by atoms with Crippen molar-refractivity contribution in [2.24, 2.45) is 5.73 Å². The van der Waals surface area contributed by atoms with E-state index >= 15 is 0 Å². The summed E-state index contributed by atoms with van der Waals surface area (Å²) in [5.41, 5.74) is 7.22. The van der Waals surface area contributed by atoms with Gasteiger partial charge in [-0.05, 0) is 48.4 Å². The van der Waals surface area contributed by atoms with Crippen LogP contribution in [0.2, 0.25) is 10.0 Å². The first kappa shape index (κ1) is 35.2. The lowest BCUT2D eigenvalue weighted by Gasteiger charge is -2.22. The monoisotopic (exact) mass is 599 g/mol. The fraction of sp³-hybridized carbons (Fsp3) is 0.194. The third-order valence-electron chi connectivity index (χ3n) is 5.05. The van der Waals surface area contributed by atoms with Crippen molar-refractivity contribution in [2.45, 2.75) is 18.9 Å². The van der Waals surface area contributed by atoms with Crippen molar-refractivity contribution >= 4 is 35.0 Å². The molecule has 0 fully saturated rings. The molecular weight excluding hydrogens is 565 g/mol. The normalized spacial score (nSPS) is 12.5. The Morgan fingerprint density at radius 2 is 1.39 bits per heavy atom. The number of rotatable bonds is 4. The number of halogens is 2. The van der Waals surface area contributed by atoms with Crippen LogP contribution in [-0.4, -0.2) is 51.9 Å². The highest BCUT2D eigenvalue weighted by atomic mass is 35.5. The second kappa shape index (κ2) is 22.0. The highest BCUT2D eigenvalue weighted by Crippen LogP contribution is 2.23. The zero-order valence-electron chi connectivity index (χ0n) is 22.4. The standard InChI is InChI=1S/C10H10N2O2.C6H4Cl2.C6H7NO.C6H6.C3H8O2/c11-9(13)8-5-12-10(14)7-4-2-1-3-6(7)8;7-5-2-1-3-6(8)4-5;8-5-6-3-1-2-4-7-6;1-2-4-6-5-3-1;4-2-1-3-5/h1-4,8H,5H2,(H2,11,13)(H,12,14);1-4H;1-4,8H,5H2;1-6H;4-5H,1-3H2. The number of primary amides is 1. The number of fused-ring (bicyclic) bond motifs is 1. The molecule has 6 N–H and O–H groups in total. The molecule has 5 rings (SSSR count). The smallest absolute Gasteiger partial charge is 0.251 e. The van der Waals surface area contributed by atoms with Gasteiger partial charge in [-0.15, -0.1) is 0 Å². The topological polar surface area (TPSA) is 146 Å². The van der Waals surface area contributed by atoms with E-state index in [1.165, 1.54) is 0 Å². The van der Waals surface area contributed by atoms with Gasteiger partial charge in [-0.1, -0.05) is 89.9 Å². The van der Waals surface area contributed by atoms with Gasteiger partial charge in [-0.2, -0.15) is 0 Å². The molecule has 10 heteroatoms. The quantitative estimate of drug-likeness (QED) is 0.231. The average molecular weight is 601 g/mol. The molecule has 0 radical (unpaired) electrons. The van der Waals surface area contributed by atoms with Crippen LogP contribution in [0, 0.1) is 0 Å². The minimum atomic E-state index is -0.405. The first-order valence-corrected chi connectivity index (χ1v) is 13.4. The van der Waals surface area contributed by atoms with E-state index in [0.717, 1.165) is 5.56 Å². The number of aromatic nitrogens is 1. The van der Waals surface area contributed by atoms with E-state index < -0.39 is 11.8 Å². The number of nitrogens with one attached hydrogen (secondary N) is 1. The van der Waals surface area contributed by atoms with Crippen LogP contribution in [0.5, 0.6) is 0 Å². The molecular formula is C31H35Cl2N3O5. The van der Waals surface area contributed by atoms with Gasteiger partial charge in [-0.3, -0.25) is 14.6 Å². The molecule has 0 aliphatic carbocycles. The number of carbonyl (C=O) groups excluding carboxylic acids is 2. The summed E-state index contributed by atoms with van der Waals surface area (Å²) in [6.07, 6.45) is 2.16. The summed E-state index contributed by atoms with van der Waals surface area (Å²) in [5, 5.41) is 28.3. The fourth-order valence-corrected chi connectivity index (χ4v) is 3.51. The van der Waals surface area contributed by atoms with Gasteiger partial charge in [0.15, 0.2) is 0 Å². The molecule has 1 aliphatic rings. The molecule has 2 amide bonds. The van der Waals surface area contributed by atoms with Crippen LogP contribution in [0.1, 0.15) is 34.0 Å². The Hall–Kier alpha value is -3.79. The average Bonchev–Trinajstić information content (AvgIpc) is 3.00. The summed E-state index contributed by atoms with van der Waals surface area (Å²) in [4.78, 5) is 26.3. The zero-order valence-corrected chi connectivity index (χ0v) is 24.0. The van der Waals surface area contributed by atoms with Crippen LogP contribution in [0.4, 0.5) is 0 Å². The first-order valence-electron chi connectivity index (χ1n) is 12.6. The van der Waals surface area contributed by atoms with E-state index in [-0.39, 0.29) is 25.7 Å². The number of hydrogen-bond donors (Lipinski definition) is 5. The van der Waals surface area contributed by atoms with Gasteiger partial charge in [0.05, 0.1) is 18.2 Å². The van der Waals surface area contributed by atoms with Crippen molar-refractivity contribution in [3.63, 3.8) is 0 Å². The number of hydrogen-bond acceptors (Lipinski definition) is 6. The summed E-state index contributed by atoms with van der Waals surface area (Å²) >= 11 is 11.1. The van der Waals surface area contributed by atoms with Crippen molar-refractivity contribution in [3.05, 3.63) is 136 Å². The second-order valence-electron chi connectivity index (χ2n) is 8.13. The highest BCUT2D eigenvalue weighted by molar-refractivity contribution is 6.34. The predicted molar refractivity (Wildman–Crippen MR) is 163 cm³/mol. The van der Waals surface area contributed by atoms with Crippen LogP contribution in [0.25, 0.3) is 0 Å². The van der Waals surface area contributed by atoms with Crippen LogP contribution in [0.15, 0.2) is 109 Å². The molecule has 2 heterocycles. The third-order valence-corrected chi connectivity index (χ3v) is 5.52. The Morgan fingerprint density at radius 3 is 1.78 bits per heavy atom. The van der Waals surface area contributed by atoms with E-state index in [4.69, 9.17) is 44.3 Å². The van der Waals surface area contributed by atoms with Gasteiger partial charge in [0.25, 0.3) is 5.91 Å². The molecule has 0 spiro atoms. The summed E-state index contributed by atoms with van der Waals surface area (Å²) < 4.78 is 0. The number of carbonyl (C=O) groups is 2. The molecule has 1 aliphatic heterocycles. The predicted octanol–water partition coefficient (Wildman–Crippen LogP) is 4.61. The Balaban J connectivity index is 0.000000271. The van der Waals surface area contributed by atoms with Crippen molar-refractivity contribution < 1.29 is 24.9 Å². The molecule has 4 aromatic rings. The number of aliphatic hydroxyl groups is 3. The summed E-state index contributed by atoms with van der Waals surface area (Å²) in [6.45, 7) is 0.513. The molecule has 8 nitrogen and oxygen atoms in total. The number of nitrogens with zero attached hydrogens (tertiary/aromatic N) is 1. The first-order chi connectivity index (χ1) is 19.8. The number of nitrogens with two attached hydrogens (primary N) is 1. The van der Waals surface area contributed by atoms with Gasteiger partial charge < -0.3 is 26.4 Å². The highest BCUT2D eigenvalue weighted by Gasteiger charge is 2.28. The number of benzene rings is 3. The van der Waals surface area contributed by atoms with E-state index in [1.54, 1.807) is 54.7 Å². The third kappa shape index (κ3) is 15.5. The maximum absolute atomic E-state index is 11.4. The van der Waals surface area contributed by atoms with E-state index in [2.05, 4.69) is 10.3 Å². The fourth-order valence-electron chi connectivity index (χ4n) is 3.07. The Kier molecular flexibility index (Phi) is 18.9. The molecule has 0 saturated carbocycles. The molecule has 218 valence electrons. The maximum Gasteiger partial charge on any atom is 0.251 e. The Labute approximate surface area is 250 Å². The largest absolute Gasteiger partial charge is 0.396 e. The molecule has 1 atom stereocenters. The van der Waals surface area contributed by atoms with Crippen LogP contribution >= 0.6 is 23.2 Å². The lowest BCUT2D eigenvalue weighted by atomic mass is 9.90. The summed E-state index contributed by atoms with van der Waals surface area (Å²) in [5.74, 6) is -0.945. The van der Waals surface area contributed by atoms with Crippen molar-refractivity contribution in [3.8, 4) is 0 Å². The minimum Gasteiger partial charge on any atom is -0.396 e. The molecule has 0 bridgehead atoms. The molecule has 41 heavy (non-hydrogen) atoms. The van der Waals surface area contributed by atoms with Gasteiger partial charge in [0.2, 0.25) is 5.91 Å². The van der Waals surface area contributed by atoms with Crippen LogP contribution < -0.4 is 11.1 Å². The number of pyridine rings is 1. The van der Waals surface area contributed by atoms with E-state index in [9.17, 15) is 9.59 Å². The van der Waals surface area contributed by atoms with Gasteiger partial charge in [0.1, 0.15) is 0 Å². The molecule has 0 saturated heterocycles. The van der Waals surface area contributed by atoms with E-state index in [0.29, 0.717) is 34.3 Å². The van der Waals surface area contributed by atoms with Crippen molar-refractivity contribution in [2.75, 3.05) is 19.8 Å². The van der Waals surface area contributed by atoms with Crippen molar-refractivity contribution in [1.82, 2.24) is 10.3 Å². The summed E-state index contributed by atoms with van der Waals surface area (Å²) in [6, 6.07) is 31.5. The SMILES string of the molecule is Clc1cccc(Cl)c1.NC(=O)C1CNC(=O)c2ccccc21.OCCCO.OCc1ccccn1.c1ccccc1. The lowest BCUT2D eigenvalue weighted by Crippen LogP contribution is -2.40. The molecule has 3 aromatic carbocycles. The van der Waals surface area contributed by atoms with Crippen molar-refractivity contribution in [1.29, 1.82) is 0 Å². The second-order valence-corrected chi connectivity index (χ2v) is 9.00. The summed E-state index contributed by atoms with van der Waals surface area (Å²) in [7, 11) is 0. The maximum atomic E-state index is 11.4. The molecule has 1 unspecified atom stereocenters. The van der Waals surface area contributed by atoms with Crippen LogP contribution in [-0.2, 0) is 11.4 Å². The van der Waals surface area contributed by atoms with Gasteiger partial charge in [0, 0.05) is 41.6 Å². The molecule has 1 aromatic heterocycles. The Morgan fingerprint density at radius 1 is 0.829 bits per heavy atom. The van der Waals surface area contributed by atoms with Crippen LogP contribution in [0.3, 0.4) is 0 Å². The number of amides is 2. The number of aliphatic hydroxyl groups excluding tert-OH is 3. The zero-order chi connectivity index (χ0) is 30.3. The van der Waals surface area contributed by atoms with E-state index in [1.807, 2.05) is 54.6 Å².